The van der Waals surface area contributed by atoms with Gasteiger partial charge in [-0.05, 0) is 36.8 Å². The zero-order valence-corrected chi connectivity index (χ0v) is 10.2. The molecular formula is C14H11NOS. The number of para-hydroxylation sites is 1. The van der Waals surface area contributed by atoms with E-state index in [2.05, 4.69) is 11.1 Å². The quantitative estimate of drug-likeness (QED) is 0.663. The fraction of sp³-hybridized carbons (Fsp3) is 0.0714. The molecule has 0 radical (unpaired) electrons. The van der Waals surface area contributed by atoms with Crippen molar-refractivity contribution in [3.8, 4) is 10.9 Å². The average molecular weight is 241 g/mol. The van der Waals surface area contributed by atoms with Crippen molar-refractivity contribution in [2.24, 2.45) is 0 Å². The van der Waals surface area contributed by atoms with Gasteiger partial charge >= 0.3 is 0 Å². The van der Waals surface area contributed by atoms with Gasteiger partial charge in [-0.1, -0.05) is 35.6 Å². The van der Waals surface area contributed by atoms with E-state index in [1.165, 1.54) is 5.56 Å². The molecule has 17 heavy (non-hydrogen) atoms. The van der Waals surface area contributed by atoms with E-state index < -0.39 is 0 Å². The van der Waals surface area contributed by atoms with Crippen LogP contribution in [-0.2, 0) is 0 Å². The van der Waals surface area contributed by atoms with Crippen molar-refractivity contribution in [1.29, 1.82) is 0 Å². The van der Waals surface area contributed by atoms with E-state index in [0.29, 0.717) is 5.19 Å². The van der Waals surface area contributed by atoms with E-state index in [1.807, 2.05) is 49.4 Å². The maximum absolute atomic E-state index is 5.75. The smallest absolute Gasteiger partial charge is 0.279 e. The van der Waals surface area contributed by atoms with Crippen LogP contribution >= 0.6 is 11.3 Å². The normalized spacial score (nSPS) is 10.6. The molecule has 2 nitrogen and oxygen atoms in total. The summed E-state index contributed by atoms with van der Waals surface area (Å²) in [5, 5.41) is 0.691. The highest BCUT2D eigenvalue weighted by molar-refractivity contribution is 7.20. The summed E-state index contributed by atoms with van der Waals surface area (Å²) in [7, 11) is 0. The summed E-state index contributed by atoms with van der Waals surface area (Å²) in [6, 6.07) is 16.0. The molecule has 0 spiro atoms. The van der Waals surface area contributed by atoms with Crippen LogP contribution in [0.25, 0.3) is 10.2 Å². The Morgan fingerprint density at radius 2 is 1.94 bits per heavy atom. The van der Waals surface area contributed by atoms with Gasteiger partial charge in [-0.3, -0.25) is 0 Å². The van der Waals surface area contributed by atoms with Crippen molar-refractivity contribution in [3.05, 3.63) is 54.1 Å². The highest BCUT2D eigenvalue weighted by Gasteiger charge is 2.04. The molecule has 1 aromatic heterocycles. The molecule has 3 rings (SSSR count). The van der Waals surface area contributed by atoms with Crippen LogP contribution in [0, 0.1) is 6.92 Å². The van der Waals surface area contributed by atoms with Crippen molar-refractivity contribution >= 4 is 21.6 Å². The molecule has 3 aromatic rings. The summed E-state index contributed by atoms with van der Waals surface area (Å²) in [5.74, 6) is 0.837. The summed E-state index contributed by atoms with van der Waals surface area (Å²) < 4.78 is 6.90. The third-order valence-corrected chi connectivity index (χ3v) is 3.38. The lowest BCUT2D eigenvalue weighted by Gasteiger charge is -2.01. The second kappa shape index (κ2) is 4.18. The van der Waals surface area contributed by atoms with Crippen molar-refractivity contribution in [2.75, 3.05) is 0 Å². The van der Waals surface area contributed by atoms with Gasteiger partial charge in [0.2, 0.25) is 0 Å². The van der Waals surface area contributed by atoms with Gasteiger partial charge in [0.15, 0.2) is 0 Å². The lowest BCUT2D eigenvalue weighted by Crippen LogP contribution is -1.83. The van der Waals surface area contributed by atoms with E-state index in [1.54, 1.807) is 11.3 Å². The lowest BCUT2D eigenvalue weighted by molar-refractivity contribution is 0.480. The summed E-state index contributed by atoms with van der Waals surface area (Å²) in [6.07, 6.45) is 0. The zero-order chi connectivity index (χ0) is 11.7. The molecule has 2 aromatic carbocycles. The Kier molecular flexibility index (Phi) is 2.53. The van der Waals surface area contributed by atoms with Crippen LogP contribution in [0.2, 0.25) is 0 Å². The second-order valence-electron chi connectivity index (χ2n) is 3.87. The number of hydrogen-bond acceptors (Lipinski definition) is 3. The van der Waals surface area contributed by atoms with Gasteiger partial charge in [-0.15, -0.1) is 0 Å². The Balaban J connectivity index is 1.94. The summed E-state index contributed by atoms with van der Waals surface area (Å²) in [6.45, 7) is 2.05. The van der Waals surface area contributed by atoms with Crippen LogP contribution in [0.1, 0.15) is 5.56 Å². The molecule has 0 saturated heterocycles. The van der Waals surface area contributed by atoms with Gasteiger partial charge in [-0.2, -0.15) is 0 Å². The summed E-state index contributed by atoms with van der Waals surface area (Å²) in [5.41, 5.74) is 2.17. The molecule has 0 saturated carbocycles. The van der Waals surface area contributed by atoms with Crippen LogP contribution in [-0.4, -0.2) is 4.98 Å². The maximum atomic E-state index is 5.75. The Morgan fingerprint density at radius 3 is 2.76 bits per heavy atom. The number of thiazole rings is 1. The zero-order valence-electron chi connectivity index (χ0n) is 9.38. The number of nitrogens with zero attached hydrogens (tertiary/aromatic N) is 1. The van der Waals surface area contributed by atoms with E-state index in [-0.39, 0.29) is 0 Å². The highest BCUT2D eigenvalue weighted by Crippen LogP contribution is 2.31. The van der Waals surface area contributed by atoms with Crippen LogP contribution in [0.5, 0.6) is 10.9 Å². The molecule has 0 N–H and O–H groups in total. The van der Waals surface area contributed by atoms with Gasteiger partial charge in [0.05, 0.1) is 10.2 Å². The van der Waals surface area contributed by atoms with Crippen molar-refractivity contribution in [2.45, 2.75) is 6.92 Å². The molecule has 0 aliphatic rings. The highest BCUT2D eigenvalue weighted by atomic mass is 32.1. The monoisotopic (exact) mass is 241 g/mol. The first-order chi connectivity index (χ1) is 8.31. The molecule has 0 aliphatic heterocycles. The van der Waals surface area contributed by atoms with Crippen LogP contribution in [0.15, 0.2) is 48.5 Å². The predicted molar refractivity (Wildman–Crippen MR) is 70.9 cm³/mol. The number of fused-ring (bicyclic) bond motifs is 1. The molecule has 0 aliphatic carbocycles. The largest absolute Gasteiger partial charge is 0.431 e. The minimum atomic E-state index is 0.691. The number of aromatic nitrogens is 1. The average Bonchev–Trinajstić information content (AvgIpc) is 2.71. The van der Waals surface area contributed by atoms with Crippen LogP contribution < -0.4 is 4.74 Å². The molecule has 84 valence electrons. The number of rotatable bonds is 2. The number of hydrogen-bond donors (Lipinski definition) is 0. The molecule has 0 bridgehead atoms. The molecule has 0 atom stereocenters. The standard InChI is InChI=1S/C14H11NOS/c1-10-5-4-6-11(9-10)16-14-15-12-7-2-3-8-13(12)17-14/h2-9H,1H3. The van der Waals surface area contributed by atoms with Crippen LogP contribution in [0.4, 0.5) is 0 Å². The topological polar surface area (TPSA) is 22.1 Å². The molecule has 0 amide bonds. The van der Waals surface area contributed by atoms with Gasteiger partial charge in [-0.25, -0.2) is 4.98 Å². The second-order valence-corrected chi connectivity index (χ2v) is 4.86. The fourth-order valence-corrected chi connectivity index (χ4v) is 2.51. The molecule has 0 unspecified atom stereocenters. The van der Waals surface area contributed by atoms with Gasteiger partial charge in [0, 0.05) is 0 Å². The minimum absolute atomic E-state index is 0.691. The van der Waals surface area contributed by atoms with E-state index in [0.717, 1.165) is 16.0 Å². The van der Waals surface area contributed by atoms with Crippen molar-refractivity contribution in [1.82, 2.24) is 4.98 Å². The third-order valence-electron chi connectivity index (χ3n) is 2.47. The number of benzene rings is 2. The number of ether oxygens (including phenoxy) is 1. The Morgan fingerprint density at radius 1 is 1.06 bits per heavy atom. The maximum Gasteiger partial charge on any atom is 0.279 e. The Labute approximate surface area is 104 Å². The molecule has 3 heteroatoms. The Hall–Kier alpha value is -1.87. The first-order valence-corrected chi connectivity index (χ1v) is 6.23. The van der Waals surface area contributed by atoms with Gasteiger partial charge in [0.1, 0.15) is 5.75 Å². The first kappa shape index (κ1) is 10.3. The minimum Gasteiger partial charge on any atom is -0.431 e. The molecule has 1 heterocycles. The number of aryl methyl sites for hydroxylation is 1. The first-order valence-electron chi connectivity index (χ1n) is 5.41. The predicted octanol–water partition coefficient (Wildman–Crippen LogP) is 4.40. The summed E-state index contributed by atoms with van der Waals surface area (Å²) >= 11 is 1.56. The van der Waals surface area contributed by atoms with Gasteiger partial charge in [0.25, 0.3) is 5.19 Å². The SMILES string of the molecule is Cc1cccc(Oc2nc3ccccc3s2)c1. The van der Waals surface area contributed by atoms with Gasteiger partial charge < -0.3 is 4.74 Å². The Bertz CT molecular complexity index is 627. The van der Waals surface area contributed by atoms with E-state index in [9.17, 15) is 0 Å². The fourth-order valence-electron chi connectivity index (χ4n) is 1.67. The van der Waals surface area contributed by atoms with E-state index >= 15 is 0 Å². The lowest BCUT2D eigenvalue weighted by atomic mass is 10.2. The van der Waals surface area contributed by atoms with Crippen molar-refractivity contribution in [3.63, 3.8) is 0 Å². The van der Waals surface area contributed by atoms with E-state index in [4.69, 9.17) is 4.74 Å². The molecule has 0 fully saturated rings. The third kappa shape index (κ3) is 2.15. The van der Waals surface area contributed by atoms with Crippen LogP contribution in [0.3, 0.4) is 0 Å². The molecular weight excluding hydrogens is 230 g/mol. The summed E-state index contributed by atoms with van der Waals surface area (Å²) in [4.78, 5) is 4.43. The van der Waals surface area contributed by atoms with Crippen molar-refractivity contribution < 1.29 is 4.74 Å².